The van der Waals surface area contributed by atoms with Gasteiger partial charge < -0.3 is 10.1 Å². The molecule has 0 aromatic heterocycles. The highest BCUT2D eigenvalue weighted by Gasteiger charge is 2.19. The fourth-order valence-electron chi connectivity index (χ4n) is 3.85. The van der Waals surface area contributed by atoms with Gasteiger partial charge in [-0.05, 0) is 49.6 Å². The van der Waals surface area contributed by atoms with E-state index < -0.39 is 0 Å². The first-order chi connectivity index (χ1) is 13.4. The average Bonchev–Trinajstić information content (AvgIpc) is 2.67. The Morgan fingerprint density at radius 2 is 1.54 bits per heavy atom. The van der Waals surface area contributed by atoms with E-state index in [0.29, 0.717) is 6.54 Å². The summed E-state index contributed by atoms with van der Waals surface area (Å²) in [6.07, 6.45) is 0. The minimum absolute atomic E-state index is 0.0682. The van der Waals surface area contributed by atoms with Crippen molar-refractivity contribution >= 4 is 11.6 Å². The number of nitrogens with zero attached hydrogens (tertiary/aromatic N) is 2. The highest BCUT2D eigenvalue weighted by molar-refractivity contribution is 5.93. The van der Waals surface area contributed by atoms with E-state index in [4.69, 9.17) is 4.74 Å². The van der Waals surface area contributed by atoms with Crippen LogP contribution in [0.15, 0.2) is 36.4 Å². The van der Waals surface area contributed by atoms with E-state index in [2.05, 4.69) is 46.3 Å². The molecule has 0 radical (unpaired) electrons. The third-order valence-electron chi connectivity index (χ3n) is 5.34. The third kappa shape index (κ3) is 5.33. The number of rotatable bonds is 6. The molecule has 0 atom stereocenters. The van der Waals surface area contributed by atoms with Gasteiger partial charge in [-0.1, -0.05) is 29.8 Å². The van der Waals surface area contributed by atoms with Crippen LogP contribution in [0.25, 0.3) is 0 Å². The summed E-state index contributed by atoms with van der Waals surface area (Å²) >= 11 is 0. The number of aryl methyl sites for hydroxylation is 3. The predicted octanol–water partition coefficient (Wildman–Crippen LogP) is 3.38. The zero-order valence-corrected chi connectivity index (χ0v) is 17.4. The molecule has 28 heavy (non-hydrogen) atoms. The number of nitrogens with one attached hydrogen (secondary N) is 1. The van der Waals surface area contributed by atoms with E-state index in [9.17, 15) is 4.79 Å². The van der Waals surface area contributed by atoms with E-state index in [1.165, 1.54) is 11.1 Å². The van der Waals surface area contributed by atoms with Gasteiger partial charge in [0.05, 0.1) is 13.7 Å². The molecule has 0 spiro atoms. The van der Waals surface area contributed by atoms with Gasteiger partial charge in [0, 0.05) is 38.4 Å². The number of carbonyl (C=O) groups is 1. The molecule has 0 bridgehead atoms. The number of hydrogen-bond acceptors (Lipinski definition) is 4. The van der Waals surface area contributed by atoms with Crippen LogP contribution in [0.3, 0.4) is 0 Å². The first kappa shape index (κ1) is 20.4. The van der Waals surface area contributed by atoms with Crippen LogP contribution in [0.1, 0.15) is 22.3 Å². The molecule has 1 amide bonds. The number of methoxy groups -OCH3 is 1. The highest BCUT2D eigenvalue weighted by Crippen LogP contribution is 2.22. The third-order valence-corrected chi connectivity index (χ3v) is 5.34. The molecule has 5 nitrogen and oxygen atoms in total. The van der Waals surface area contributed by atoms with Crippen molar-refractivity contribution in [3.63, 3.8) is 0 Å². The van der Waals surface area contributed by atoms with Crippen LogP contribution < -0.4 is 10.1 Å². The van der Waals surface area contributed by atoms with Crippen LogP contribution in [-0.4, -0.2) is 55.5 Å². The summed E-state index contributed by atoms with van der Waals surface area (Å²) in [6, 6.07) is 12.5. The molecule has 3 rings (SSSR count). The maximum atomic E-state index is 12.5. The Hall–Kier alpha value is -2.37. The highest BCUT2D eigenvalue weighted by atomic mass is 16.5. The molecule has 2 aromatic carbocycles. The smallest absolute Gasteiger partial charge is 0.238 e. The lowest BCUT2D eigenvalue weighted by atomic mass is 10.1. The van der Waals surface area contributed by atoms with Gasteiger partial charge in [0.2, 0.25) is 5.91 Å². The van der Waals surface area contributed by atoms with E-state index in [-0.39, 0.29) is 5.91 Å². The molecule has 0 unspecified atom stereocenters. The maximum Gasteiger partial charge on any atom is 0.238 e. The molecule has 2 aromatic rings. The van der Waals surface area contributed by atoms with Gasteiger partial charge in [-0.3, -0.25) is 14.6 Å². The van der Waals surface area contributed by atoms with Crippen LogP contribution in [0.2, 0.25) is 0 Å². The van der Waals surface area contributed by atoms with Gasteiger partial charge in [0.25, 0.3) is 0 Å². The Morgan fingerprint density at radius 3 is 2.11 bits per heavy atom. The fourth-order valence-corrected chi connectivity index (χ4v) is 3.85. The van der Waals surface area contributed by atoms with Crippen LogP contribution in [0, 0.1) is 20.8 Å². The number of ether oxygens (including phenoxy) is 1. The Morgan fingerprint density at radius 1 is 0.964 bits per heavy atom. The minimum Gasteiger partial charge on any atom is -0.497 e. The lowest BCUT2D eigenvalue weighted by molar-refractivity contribution is -0.117. The summed E-state index contributed by atoms with van der Waals surface area (Å²) in [7, 11) is 1.69. The Kier molecular flexibility index (Phi) is 6.70. The summed E-state index contributed by atoms with van der Waals surface area (Å²) in [4.78, 5) is 17.2. The number of hydrogen-bond donors (Lipinski definition) is 1. The minimum atomic E-state index is 0.0682. The number of benzene rings is 2. The Labute approximate surface area is 168 Å². The summed E-state index contributed by atoms with van der Waals surface area (Å²) in [5, 5.41) is 3.11. The molecule has 1 fully saturated rings. The molecule has 150 valence electrons. The normalized spacial score (nSPS) is 15.4. The molecular weight excluding hydrogens is 350 g/mol. The second-order valence-corrected chi connectivity index (χ2v) is 7.72. The SMILES string of the molecule is COc1ccc(CN2CCN(CC(=O)Nc3c(C)cc(C)cc3C)CC2)cc1. The number of piperazine rings is 1. The number of anilines is 1. The van der Waals surface area contributed by atoms with Gasteiger partial charge in [-0.2, -0.15) is 0 Å². The van der Waals surface area contributed by atoms with Crippen molar-refractivity contribution in [1.29, 1.82) is 0 Å². The second kappa shape index (κ2) is 9.22. The van der Waals surface area contributed by atoms with Crippen molar-refractivity contribution in [1.82, 2.24) is 9.80 Å². The van der Waals surface area contributed by atoms with Crippen molar-refractivity contribution in [3.8, 4) is 5.75 Å². The fraction of sp³-hybridized carbons (Fsp3) is 0.435. The first-order valence-corrected chi connectivity index (χ1v) is 9.90. The molecular formula is C23H31N3O2. The van der Waals surface area contributed by atoms with Crippen molar-refractivity contribution in [3.05, 3.63) is 58.7 Å². The van der Waals surface area contributed by atoms with Gasteiger partial charge in [-0.15, -0.1) is 0 Å². The van der Waals surface area contributed by atoms with Crippen LogP contribution in [0.5, 0.6) is 5.75 Å². The maximum absolute atomic E-state index is 12.5. The average molecular weight is 382 g/mol. The summed E-state index contributed by atoms with van der Waals surface area (Å²) in [5.41, 5.74) is 5.71. The van der Waals surface area contributed by atoms with Crippen molar-refractivity contribution in [2.45, 2.75) is 27.3 Å². The molecule has 0 saturated carbocycles. The van der Waals surface area contributed by atoms with E-state index in [1.807, 2.05) is 26.0 Å². The molecule has 1 aliphatic heterocycles. The number of carbonyl (C=O) groups excluding carboxylic acids is 1. The van der Waals surface area contributed by atoms with Gasteiger partial charge in [-0.25, -0.2) is 0 Å². The summed E-state index contributed by atoms with van der Waals surface area (Å²) in [5.74, 6) is 0.956. The van der Waals surface area contributed by atoms with Crippen molar-refractivity contribution in [2.24, 2.45) is 0 Å². The zero-order chi connectivity index (χ0) is 20.1. The quantitative estimate of drug-likeness (QED) is 0.833. The van der Waals surface area contributed by atoms with Crippen LogP contribution in [0.4, 0.5) is 5.69 Å². The zero-order valence-electron chi connectivity index (χ0n) is 17.4. The molecule has 0 aliphatic carbocycles. The monoisotopic (exact) mass is 381 g/mol. The number of amides is 1. The van der Waals surface area contributed by atoms with E-state index >= 15 is 0 Å². The van der Waals surface area contributed by atoms with Gasteiger partial charge >= 0.3 is 0 Å². The molecule has 1 aliphatic rings. The predicted molar refractivity (Wildman–Crippen MR) is 114 cm³/mol. The largest absolute Gasteiger partial charge is 0.497 e. The molecule has 5 heteroatoms. The van der Waals surface area contributed by atoms with E-state index in [1.54, 1.807) is 7.11 Å². The molecule has 1 saturated heterocycles. The molecule has 1 heterocycles. The standard InChI is InChI=1S/C23H31N3O2/c1-17-13-18(2)23(19(3)14-17)24-22(27)16-26-11-9-25(10-12-26)15-20-5-7-21(28-4)8-6-20/h5-8,13-14H,9-12,15-16H2,1-4H3,(H,24,27). The van der Waals surface area contributed by atoms with Crippen molar-refractivity contribution < 1.29 is 9.53 Å². The summed E-state index contributed by atoms with van der Waals surface area (Å²) < 4.78 is 5.22. The topological polar surface area (TPSA) is 44.8 Å². The molecule has 1 N–H and O–H groups in total. The Bertz CT molecular complexity index is 786. The lowest BCUT2D eigenvalue weighted by Gasteiger charge is -2.34. The van der Waals surface area contributed by atoms with Gasteiger partial charge in [0.15, 0.2) is 0 Å². The summed E-state index contributed by atoms with van der Waals surface area (Å²) in [6.45, 7) is 11.3. The lowest BCUT2D eigenvalue weighted by Crippen LogP contribution is -2.48. The Balaban J connectivity index is 1.46. The van der Waals surface area contributed by atoms with Gasteiger partial charge in [0.1, 0.15) is 5.75 Å². The second-order valence-electron chi connectivity index (χ2n) is 7.72. The van der Waals surface area contributed by atoms with Crippen LogP contribution in [-0.2, 0) is 11.3 Å². The van der Waals surface area contributed by atoms with Crippen molar-refractivity contribution in [2.75, 3.05) is 45.2 Å². The van der Waals surface area contributed by atoms with E-state index in [0.717, 1.165) is 55.3 Å². The van der Waals surface area contributed by atoms with Crippen LogP contribution >= 0.6 is 0 Å². The first-order valence-electron chi connectivity index (χ1n) is 9.90.